The summed E-state index contributed by atoms with van der Waals surface area (Å²) in [7, 11) is 0. The number of ether oxygens (including phenoxy) is 1. The maximum atomic E-state index is 9.12. The van der Waals surface area contributed by atoms with Crippen molar-refractivity contribution in [2.24, 2.45) is 0 Å². The number of aliphatic hydroxyl groups excluding tert-OH is 1. The fraction of sp³-hybridized carbons (Fsp3) is 0.500. The van der Waals surface area contributed by atoms with Crippen LogP contribution in [0.2, 0.25) is 0 Å². The van der Waals surface area contributed by atoms with E-state index < -0.39 is 0 Å². The van der Waals surface area contributed by atoms with E-state index in [1.165, 1.54) is 11.3 Å². The molecular weight excluding hydrogens is 150 g/mol. The fourth-order valence-corrected chi connectivity index (χ4v) is 1.63. The summed E-state index contributed by atoms with van der Waals surface area (Å²) in [5, 5.41) is 11.9. The number of thiazole rings is 1. The maximum absolute atomic E-state index is 9.12. The average molecular weight is 157 g/mol. The first-order valence-electron chi connectivity index (χ1n) is 3.07. The van der Waals surface area contributed by atoms with Gasteiger partial charge in [0.1, 0.15) is 17.2 Å². The van der Waals surface area contributed by atoms with E-state index in [9.17, 15) is 0 Å². The molecule has 1 N–H and O–H groups in total. The Morgan fingerprint density at radius 3 is 3.10 bits per heavy atom. The number of aromatic nitrogens is 1. The highest BCUT2D eigenvalue weighted by atomic mass is 32.1. The second-order valence-corrected chi connectivity index (χ2v) is 3.12. The van der Waals surface area contributed by atoms with Gasteiger partial charge in [0.2, 0.25) is 0 Å². The van der Waals surface area contributed by atoms with E-state index in [0.29, 0.717) is 6.61 Å². The lowest BCUT2D eigenvalue weighted by Gasteiger charge is -2.30. The van der Waals surface area contributed by atoms with Crippen LogP contribution in [-0.4, -0.2) is 22.8 Å². The number of aliphatic hydroxyl groups is 1. The number of nitrogens with zero attached hydrogens (tertiary/aromatic N) is 1. The molecule has 1 aromatic heterocycles. The molecule has 4 heteroatoms. The zero-order valence-corrected chi connectivity index (χ0v) is 6.04. The van der Waals surface area contributed by atoms with E-state index in [1.807, 2.05) is 5.38 Å². The molecule has 1 aliphatic rings. The number of hydrogen-bond acceptors (Lipinski definition) is 4. The molecule has 2 atom stereocenters. The Morgan fingerprint density at radius 1 is 1.80 bits per heavy atom. The SMILES string of the molecule is O[C@H]1CO[C@H]1c1nccs1. The molecule has 10 heavy (non-hydrogen) atoms. The molecule has 1 aromatic rings. The molecule has 0 amide bonds. The third-order valence-corrected chi connectivity index (χ3v) is 2.33. The molecule has 0 aliphatic carbocycles. The molecule has 1 fully saturated rings. The number of hydrogen-bond donors (Lipinski definition) is 1. The summed E-state index contributed by atoms with van der Waals surface area (Å²) in [4.78, 5) is 4.02. The smallest absolute Gasteiger partial charge is 0.137 e. The van der Waals surface area contributed by atoms with Crippen LogP contribution in [0.1, 0.15) is 11.1 Å². The van der Waals surface area contributed by atoms with Gasteiger partial charge in [0.25, 0.3) is 0 Å². The van der Waals surface area contributed by atoms with Gasteiger partial charge in [0.05, 0.1) is 6.61 Å². The summed E-state index contributed by atoms with van der Waals surface area (Å²) in [6.07, 6.45) is 1.22. The Bertz CT molecular complexity index is 212. The molecule has 2 rings (SSSR count). The topological polar surface area (TPSA) is 42.4 Å². The zero-order valence-electron chi connectivity index (χ0n) is 5.23. The molecule has 0 unspecified atom stereocenters. The summed E-state index contributed by atoms with van der Waals surface area (Å²) < 4.78 is 5.09. The van der Waals surface area contributed by atoms with Crippen molar-refractivity contribution in [1.29, 1.82) is 0 Å². The van der Waals surface area contributed by atoms with E-state index in [1.54, 1.807) is 6.20 Å². The molecule has 0 bridgehead atoms. The monoisotopic (exact) mass is 157 g/mol. The molecule has 0 radical (unpaired) electrons. The second-order valence-electron chi connectivity index (χ2n) is 2.19. The molecule has 1 aliphatic heterocycles. The minimum atomic E-state index is -0.342. The largest absolute Gasteiger partial charge is 0.388 e. The summed E-state index contributed by atoms with van der Waals surface area (Å²) in [5.74, 6) is 0. The molecule has 2 heterocycles. The van der Waals surface area contributed by atoms with Crippen LogP contribution < -0.4 is 0 Å². The Labute approximate surface area is 62.3 Å². The van der Waals surface area contributed by atoms with E-state index >= 15 is 0 Å². The van der Waals surface area contributed by atoms with Crippen molar-refractivity contribution >= 4 is 11.3 Å². The lowest BCUT2D eigenvalue weighted by atomic mass is 10.1. The van der Waals surface area contributed by atoms with Crippen LogP contribution in [0.3, 0.4) is 0 Å². The van der Waals surface area contributed by atoms with E-state index in [0.717, 1.165) is 5.01 Å². The molecule has 1 saturated heterocycles. The predicted molar refractivity (Wildman–Crippen MR) is 36.8 cm³/mol. The Hall–Kier alpha value is -0.450. The first-order chi connectivity index (χ1) is 4.88. The van der Waals surface area contributed by atoms with Gasteiger partial charge in [-0.25, -0.2) is 4.98 Å². The standard InChI is InChI=1S/C6H7NO2S/c8-4-3-9-5(4)6-7-1-2-10-6/h1-2,4-5,8H,3H2/t4-,5+/m0/s1. The van der Waals surface area contributed by atoms with Crippen molar-refractivity contribution in [3.63, 3.8) is 0 Å². The van der Waals surface area contributed by atoms with E-state index in [2.05, 4.69) is 4.98 Å². The van der Waals surface area contributed by atoms with Gasteiger partial charge in [0.15, 0.2) is 0 Å². The average Bonchev–Trinajstić information content (AvgIpc) is 2.37. The summed E-state index contributed by atoms with van der Waals surface area (Å²) in [6, 6.07) is 0. The van der Waals surface area contributed by atoms with Crippen LogP contribution in [-0.2, 0) is 4.74 Å². The van der Waals surface area contributed by atoms with Crippen molar-refractivity contribution < 1.29 is 9.84 Å². The lowest BCUT2D eigenvalue weighted by Crippen LogP contribution is -2.37. The molecule has 0 saturated carbocycles. The van der Waals surface area contributed by atoms with Crippen molar-refractivity contribution in [3.05, 3.63) is 16.6 Å². The highest BCUT2D eigenvalue weighted by Gasteiger charge is 2.33. The molecule has 54 valence electrons. The zero-order chi connectivity index (χ0) is 6.97. The predicted octanol–water partition coefficient (Wildman–Crippen LogP) is 0.575. The van der Waals surface area contributed by atoms with Gasteiger partial charge in [-0.05, 0) is 0 Å². The van der Waals surface area contributed by atoms with Crippen molar-refractivity contribution in [3.8, 4) is 0 Å². The highest BCUT2D eigenvalue weighted by Crippen LogP contribution is 2.30. The van der Waals surface area contributed by atoms with Gasteiger partial charge in [-0.1, -0.05) is 0 Å². The van der Waals surface area contributed by atoms with Crippen LogP contribution in [0.25, 0.3) is 0 Å². The van der Waals surface area contributed by atoms with Crippen LogP contribution in [0, 0.1) is 0 Å². The van der Waals surface area contributed by atoms with Gasteiger partial charge >= 0.3 is 0 Å². The molecule has 3 nitrogen and oxygen atoms in total. The van der Waals surface area contributed by atoms with Crippen LogP contribution in [0.4, 0.5) is 0 Å². The Balaban J connectivity index is 2.14. The molecule has 0 spiro atoms. The Kier molecular flexibility index (Phi) is 1.44. The third-order valence-electron chi connectivity index (χ3n) is 1.49. The lowest BCUT2D eigenvalue weighted by molar-refractivity contribution is -0.165. The first-order valence-corrected chi connectivity index (χ1v) is 3.95. The second kappa shape index (κ2) is 2.30. The van der Waals surface area contributed by atoms with Gasteiger partial charge in [-0.3, -0.25) is 0 Å². The maximum Gasteiger partial charge on any atom is 0.137 e. The Morgan fingerprint density at radius 2 is 2.70 bits per heavy atom. The summed E-state index contributed by atoms with van der Waals surface area (Å²) in [6.45, 7) is 0.449. The quantitative estimate of drug-likeness (QED) is 0.648. The number of rotatable bonds is 1. The van der Waals surface area contributed by atoms with Crippen molar-refractivity contribution in [1.82, 2.24) is 4.98 Å². The van der Waals surface area contributed by atoms with E-state index in [4.69, 9.17) is 9.84 Å². The van der Waals surface area contributed by atoms with Crippen molar-refractivity contribution in [2.75, 3.05) is 6.61 Å². The van der Waals surface area contributed by atoms with Gasteiger partial charge in [0, 0.05) is 11.6 Å². The summed E-state index contributed by atoms with van der Waals surface area (Å²) in [5.41, 5.74) is 0. The van der Waals surface area contributed by atoms with Crippen LogP contribution in [0.15, 0.2) is 11.6 Å². The van der Waals surface area contributed by atoms with Gasteiger partial charge < -0.3 is 9.84 Å². The first kappa shape index (κ1) is 6.27. The third kappa shape index (κ3) is 0.847. The highest BCUT2D eigenvalue weighted by molar-refractivity contribution is 7.09. The fourth-order valence-electron chi connectivity index (χ4n) is 0.889. The molecular formula is C6H7NO2S. The molecule has 0 aromatic carbocycles. The van der Waals surface area contributed by atoms with Gasteiger partial charge in [-0.15, -0.1) is 11.3 Å². The van der Waals surface area contributed by atoms with Crippen LogP contribution >= 0.6 is 11.3 Å². The van der Waals surface area contributed by atoms with Gasteiger partial charge in [-0.2, -0.15) is 0 Å². The normalized spacial score (nSPS) is 31.7. The minimum absolute atomic E-state index is 0.153. The van der Waals surface area contributed by atoms with Crippen LogP contribution in [0.5, 0.6) is 0 Å². The van der Waals surface area contributed by atoms with Crippen molar-refractivity contribution in [2.45, 2.75) is 12.2 Å². The minimum Gasteiger partial charge on any atom is -0.388 e. The summed E-state index contributed by atoms with van der Waals surface area (Å²) >= 11 is 1.51. The van der Waals surface area contributed by atoms with E-state index in [-0.39, 0.29) is 12.2 Å².